The van der Waals surface area contributed by atoms with E-state index in [-0.39, 0.29) is 0 Å². The second-order valence-electron chi connectivity index (χ2n) is 2.41. The third-order valence-electron chi connectivity index (χ3n) is 1.43. The Balaban J connectivity index is 2.24. The molecule has 0 spiro atoms. The van der Waals surface area contributed by atoms with Crippen molar-refractivity contribution in [2.24, 2.45) is 0 Å². The van der Waals surface area contributed by atoms with Gasteiger partial charge in [0.25, 0.3) is 0 Å². The van der Waals surface area contributed by atoms with Gasteiger partial charge >= 0.3 is 0 Å². The molecule has 0 saturated heterocycles. The monoisotopic (exact) mass is 259 g/mol. The summed E-state index contributed by atoms with van der Waals surface area (Å²) in [5.74, 6) is 0. The van der Waals surface area contributed by atoms with Crippen molar-refractivity contribution in [1.82, 2.24) is 25.1 Å². The van der Waals surface area contributed by atoms with Crippen molar-refractivity contribution in [3.8, 4) is 0 Å². The quantitative estimate of drug-likeness (QED) is 0.517. The summed E-state index contributed by atoms with van der Waals surface area (Å²) in [6.45, 7) is 0. The fourth-order valence-electron chi connectivity index (χ4n) is 0.863. The van der Waals surface area contributed by atoms with Gasteiger partial charge in [-0.3, -0.25) is 5.10 Å². The molecule has 0 unspecified atom stereocenters. The van der Waals surface area contributed by atoms with Crippen molar-refractivity contribution in [1.29, 1.82) is 0 Å². The van der Waals surface area contributed by atoms with Gasteiger partial charge in [-0.2, -0.15) is 5.10 Å². The molecule has 2 heterocycles. The lowest BCUT2D eigenvalue weighted by molar-refractivity contribution is 0.887. The third-order valence-corrected chi connectivity index (χ3v) is 2.98. The third kappa shape index (κ3) is 2.83. The molecule has 1 N–H and O–H groups in total. The van der Waals surface area contributed by atoms with E-state index >= 15 is 0 Å². The smallest absolute Gasteiger partial charge is 0.189 e. The van der Waals surface area contributed by atoms with E-state index < -0.39 is 0 Å². The van der Waals surface area contributed by atoms with Gasteiger partial charge in [-0.1, -0.05) is 23.4 Å². The molecule has 0 aromatic carbocycles. The molecular weight excluding hydrogens is 254 g/mol. The van der Waals surface area contributed by atoms with E-state index in [1.54, 1.807) is 6.07 Å². The van der Waals surface area contributed by atoms with E-state index in [1.165, 1.54) is 29.9 Å². The zero-order valence-corrected chi connectivity index (χ0v) is 10.0. The number of hydrogen-bond donors (Lipinski definition) is 1. The van der Waals surface area contributed by atoms with Crippen LogP contribution in [0.15, 0.2) is 27.7 Å². The minimum Gasteiger partial charge on any atom is -0.254 e. The van der Waals surface area contributed by atoms with Crippen LogP contribution in [-0.2, 0) is 0 Å². The topological polar surface area (TPSA) is 67.3 Å². The Kier molecular flexibility index (Phi) is 3.45. The maximum Gasteiger partial charge on any atom is 0.189 e. The van der Waals surface area contributed by atoms with Crippen LogP contribution < -0.4 is 0 Å². The van der Waals surface area contributed by atoms with E-state index in [2.05, 4.69) is 25.1 Å². The van der Waals surface area contributed by atoms with Gasteiger partial charge in [0.15, 0.2) is 10.3 Å². The first-order valence-electron chi connectivity index (χ1n) is 3.89. The Labute approximate surface area is 99.5 Å². The number of aromatic amines is 1. The van der Waals surface area contributed by atoms with Crippen LogP contribution in [0.4, 0.5) is 0 Å². The molecular formula is C7H6ClN5S2. The Hall–Kier alpha value is -0.790. The highest BCUT2D eigenvalue weighted by Crippen LogP contribution is 2.25. The molecule has 0 aliphatic rings. The average Bonchev–Trinajstić information content (AvgIpc) is 2.69. The Morgan fingerprint density at radius 2 is 2.27 bits per heavy atom. The van der Waals surface area contributed by atoms with Gasteiger partial charge in [-0.05, 0) is 18.0 Å². The van der Waals surface area contributed by atoms with Gasteiger partial charge < -0.3 is 0 Å². The van der Waals surface area contributed by atoms with Gasteiger partial charge in [0.2, 0.25) is 0 Å². The van der Waals surface area contributed by atoms with Crippen LogP contribution in [-0.4, -0.2) is 31.4 Å². The van der Waals surface area contributed by atoms with Crippen molar-refractivity contribution < 1.29 is 0 Å². The molecule has 8 heteroatoms. The van der Waals surface area contributed by atoms with E-state index in [9.17, 15) is 0 Å². The summed E-state index contributed by atoms with van der Waals surface area (Å²) in [6.07, 6.45) is 3.34. The summed E-state index contributed by atoms with van der Waals surface area (Å²) in [5.41, 5.74) is 0. The number of rotatable bonds is 3. The highest BCUT2D eigenvalue weighted by Gasteiger charge is 2.05. The lowest BCUT2D eigenvalue weighted by atomic mass is 10.7. The van der Waals surface area contributed by atoms with E-state index in [1.807, 2.05) is 6.26 Å². The molecule has 0 amide bonds. The first-order valence-corrected chi connectivity index (χ1v) is 6.31. The number of H-pyrrole nitrogens is 1. The van der Waals surface area contributed by atoms with Gasteiger partial charge in [0.1, 0.15) is 16.5 Å². The molecule has 2 aromatic heterocycles. The van der Waals surface area contributed by atoms with Crippen molar-refractivity contribution in [3.05, 3.63) is 17.5 Å². The van der Waals surface area contributed by atoms with E-state index in [0.717, 1.165) is 5.03 Å². The first kappa shape index (κ1) is 10.7. The SMILES string of the molecule is CSc1nc(Cl)cc(Sc2ncn[nH]2)n1. The van der Waals surface area contributed by atoms with Gasteiger partial charge in [0.05, 0.1) is 0 Å². The van der Waals surface area contributed by atoms with Crippen LogP contribution in [0.3, 0.4) is 0 Å². The maximum absolute atomic E-state index is 5.84. The molecule has 0 aliphatic carbocycles. The zero-order valence-electron chi connectivity index (χ0n) is 7.64. The van der Waals surface area contributed by atoms with Crippen LogP contribution >= 0.6 is 35.1 Å². The fourth-order valence-corrected chi connectivity index (χ4v) is 2.30. The summed E-state index contributed by atoms with van der Waals surface area (Å²) in [4.78, 5) is 12.3. The summed E-state index contributed by atoms with van der Waals surface area (Å²) in [6, 6.07) is 1.69. The van der Waals surface area contributed by atoms with Gasteiger partial charge in [-0.15, -0.1) is 0 Å². The average molecular weight is 260 g/mol. The lowest BCUT2D eigenvalue weighted by Gasteiger charge is -2.00. The molecule has 2 rings (SSSR count). The fraction of sp³-hybridized carbons (Fsp3) is 0.143. The summed E-state index contributed by atoms with van der Waals surface area (Å²) in [5, 5.41) is 8.97. The molecule has 0 radical (unpaired) electrons. The molecule has 0 atom stereocenters. The Morgan fingerprint density at radius 3 is 2.93 bits per heavy atom. The standard InChI is InChI=1S/C7H6ClN5S2/c1-14-7-11-4(8)2-5(12-7)15-6-9-3-10-13-6/h2-3H,1H3,(H,9,10,13). The minimum absolute atomic E-state index is 0.427. The second kappa shape index (κ2) is 4.82. The molecule has 0 fully saturated rings. The largest absolute Gasteiger partial charge is 0.254 e. The zero-order chi connectivity index (χ0) is 10.7. The van der Waals surface area contributed by atoms with Crippen LogP contribution in [0, 0.1) is 0 Å². The van der Waals surface area contributed by atoms with Crippen LogP contribution in [0.2, 0.25) is 5.15 Å². The molecule has 15 heavy (non-hydrogen) atoms. The highest BCUT2D eigenvalue weighted by atomic mass is 35.5. The predicted octanol–water partition coefficient (Wildman–Crippen LogP) is 2.12. The number of nitrogens with one attached hydrogen (secondary N) is 1. The lowest BCUT2D eigenvalue weighted by Crippen LogP contribution is -1.89. The van der Waals surface area contributed by atoms with Crippen molar-refractivity contribution in [2.45, 2.75) is 15.3 Å². The molecule has 0 aliphatic heterocycles. The van der Waals surface area contributed by atoms with Crippen LogP contribution in [0.5, 0.6) is 0 Å². The maximum atomic E-state index is 5.84. The van der Waals surface area contributed by atoms with Gasteiger partial charge in [0, 0.05) is 6.07 Å². The van der Waals surface area contributed by atoms with Crippen LogP contribution in [0.1, 0.15) is 0 Å². The Morgan fingerprint density at radius 1 is 1.40 bits per heavy atom. The highest BCUT2D eigenvalue weighted by molar-refractivity contribution is 7.99. The van der Waals surface area contributed by atoms with E-state index in [0.29, 0.717) is 15.5 Å². The van der Waals surface area contributed by atoms with Crippen LogP contribution in [0.25, 0.3) is 0 Å². The summed E-state index contributed by atoms with van der Waals surface area (Å²) in [7, 11) is 0. The van der Waals surface area contributed by atoms with Crippen molar-refractivity contribution in [3.63, 3.8) is 0 Å². The molecule has 78 valence electrons. The number of thioether (sulfide) groups is 1. The Bertz CT molecular complexity index is 447. The first-order chi connectivity index (χ1) is 7.28. The molecule has 5 nitrogen and oxygen atoms in total. The normalized spacial score (nSPS) is 10.5. The number of hydrogen-bond acceptors (Lipinski definition) is 6. The number of halogens is 1. The van der Waals surface area contributed by atoms with E-state index in [4.69, 9.17) is 11.6 Å². The minimum atomic E-state index is 0.427. The number of aromatic nitrogens is 5. The second-order valence-corrected chi connectivity index (χ2v) is 4.58. The molecule has 2 aromatic rings. The summed E-state index contributed by atoms with van der Waals surface area (Å²) >= 11 is 8.65. The molecule has 0 saturated carbocycles. The van der Waals surface area contributed by atoms with Crippen molar-refractivity contribution in [2.75, 3.05) is 6.26 Å². The summed E-state index contributed by atoms with van der Waals surface area (Å²) < 4.78 is 0. The van der Waals surface area contributed by atoms with Gasteiger partial charge in [-0.25, -0.2) is 15.0 Å². The predicted molar refractivity (Wildman–Crippen MR) is 59.3 cm³/mol. The molecule has 0 bridgehead atoms. The van der Waals surface area contributed by atoms with Crippen molar-refractivity contribution >= 4 is 35.1 Å². The number of nitrogens with zero attached hydrogens (tertiary/aromatic N) is 4.